The Bertz CT molecular complexity index is 205. The summed E-state index contributed by atoms with van der Waals surface area (Å²) >= 11 is 0. The second-order valence-electron chi connectivity index (χ2n) is 4.97. The van der Waals surface area contributed by atoms with E-state index >= 15 is 0 Å². The Morgan fingerprint density at radius 1 is 0.800 bits per heavy atom. The SMILES string of the molecule is C1=CC2CCCCCCCCCC2N=C1. The largest absolute Gasteiger partial charge is 0.289 e. The van der Waals surface area contributed by atoms with Crippen molar-refractivity contribution in [3.63, 3.8) is 0 Å². The molecule has 0 radical (unpaired) electrons. The summed E-state index contributed by atoms with van der Waals surface area (Å²) in [6.07, 6.45) is 19.2. The Balaban J connectivity index is 1.90. The van der Waals surface area contributed by atoms with Crippen LogP contribution in [0.5, 0.6) is 0 Å². The lowest BCUT2D eigenvalue weighted by Gasteiger charge is -2.23. The number of allylic oxidation sites excluding steroid dienone is 1. The van der Waals surface area contributed by atoms with Gasteiger partial charge < -0.3 is 0 Å². The summed E-state index contributed by atoms with van der Waals surface area (Å²) in [5.74, 6) is 0.744. The van der Waals surface area contributed by atoms with Crippen LogP contribution in [0.2, 0.25) is 0 Å². The molecule has 2 unspecified atom stereocenters. The van der Waals surface area contributed by atoms with Crippen LogP contribution in [0.1, 0.15) is 57.8 Å². The summed E-state index contributed by atoms with van der Waals surface area (Å²) in [7, 11) is 0. The van der Waals surface area contributed by atoms with E-state index in [9.17, 15) is 0 Å². The number of fused-ring (bicyclic) bond motifs is 1. The summed E-state index contributed by atoms with van der Waals surface area (Å²) in [5, 5.41) is 0. The molecule has 0 spiro atoms. The third-order valence-electron chi connectivity index (χ3n) is 3.75. The first-order chi connectivity index (χ1) is 7.47. The van der Waals surface area contributed by atoms with Crippen molar-refractivity contribution >= 4 is 6.21 Å². The zero-order valence-electron chi connectivity index (χ0n) is 9.70. The Kier molecular flexibility index (Phi) is 4.43. The van der Waals surface area contributed by atoms with Crippen molar-refractivity contribution in [2.24, 2.45) is 10.9 Å². The van der Waals surface area contributed by atoms with Crippen LogP contribution in [0.3, 0.4) is 0 Å². The summed E-state index contributed by atoms with van der Waals surface area (Å²) < 4.78 is 0. The maximum atomic E-state index is 4.64. The molecule has 1 saturated carbocycles. The van der Waals surface area contributed by atoms with Gasteiger partial charge in [-0.1, -0.05) is 51.0 Å². The minimum absolute atomic E-state index is 0.605. The Morgan fingerprint density at radius 2 is 1.47 bits per heavy atom. The maximum Gasteiger partial charge on any atom is 0.0562 e. The van der Waals surface area contributed by atoms with E-state index in [1.807, 2.05) is 6.21 Å². The highest BCUT2D eigenvalue weighted by molar-refractivity contribution is 5.72. The normalized spacial score (nSPS) is 33.1. The van der Waals surface area contributed by atoms with Gasteiger partial charge in [-0.25, -0.2) is 0 Å². The monoisotopic (exact) mass is 205 g/mol. The summed E-state index contributed by atoms with van der Waals surface area (Å²) in [5.41, 5.74) is 0. The lowest BCUT2D eigenvalue weighted by molar-refractivity contribution is 0.422. The van der Waals surface area contributed by atoms with E-state index in [-0.39, 0.29) is 0 Å². The smallest absolute Gasteiger partial charge is 0.0562 e. The highest BCUT2D eigenvalue weighted by atomic mass is 14.8. The molecule has 2 atom stereocenters. The molecule has 1 heterocycles. The molecule has 1 fully saturated rings. The van der Waals surface area contributed by atoms with Gasteiger partial charge in [0.1, 0.15) is 0 Å². The summed E-state index contributed by atoms with van der Waals surface area (Å²) in [4.78, 5) is 4.64. The molecule has 84 valence electrons. The molecular formula is C14H23N. The highest BCUT2D eigenvalue weighted by Crippen LogP contribution is 2.26. The third-order valence-corrected chi connectivity index (χ3v) is 3.75. The van der Waals surface area contributed by atoms with Crippen molar-refractivity contribution in [1.82, 2.24) is 0 Å². The summed E-state index contributed by atoms with van der Waals surface area (Å²) in [6.45, 7) is 0. The molecule has 1 heteroatoms. The van der Waals surface area contributed by atoms with Crippen LogP contribution >= 0.6 is 0 Å². The van der Waals surface area contributed by atoms with Gasteiger partial charge in [0.05, 0.1) is 6.04 Å². The zero-order valence-corrected chi connectivity index (χ0v) is 9.70. The molecule has 0 aromatic heterocycles. The summed E-state index contributed by atoms with van der Waals surface area (Å²) in [6, 6.07) is 0.605. The maximum absolute atomic E-state index is 4.64. The van der Waals surface area contributed by atoms with Gasteiger partial charge in [0.25, 0.3) is 0 Å². The zero-order chi connectivity index (χ0) is 10.3. The average Bonchev–Trinajstić information content (AvgIpc) is 2.32. The number of hydrogen-bond acceptors (Lipinski definition) is 1. The quantitative estimate of drug-likeness (QED) is 0.563. The van der Waals surface area contributed by atoms with Crippen molar-refractivity contribution < 1.29 is 0 Å². The molecule has 1 nitrogen and oxygen atoms in total. The van der Waals surface area contributed by atoms with Crippen LogP contribution in [0, 0.1) is 5.92 Å². The molecule has 0 saturated heterocycles. The van der Waals surface area contributed by atoms with E-state index < -0.39 is 0 Å². The van der Waals surface area contributed by atoms with Gasteiger partial charge in [-0.05, 0) is 24.8 Å². The van der Waals surface area contributed by atoms with Crippen molar-refractivity contribution in [2.75, 3.05) is 0 Å². The first-order valence-electron chi connectivity index (χ1n) is 6.67. The molecular weight excluding hydrogens is 182 g/mol. The van der Waals surface area contributed by atoms with Crippen LogP contribution in [0.25, 0.3) is 0 Å². The standard InChI is InChI=1S/C14H23N/c1-2-4-6-9-13-10-8-12-15-14(13)11-7-5-3-1/h8,10,12-14H,1-7,9,11H2. The fraction of sp³-hybridized carbons (Fsp3) is 0.786. The van der Waals surface area contributed by atoms with E-state index in [0.717, 1.165) is 5.92 Å². The molecule has 1 aliphatic heterocycles. The van der Waals surface area contributed by atoms with Crippen LogP contribution in [-0.4, -0.2) is 12.3 Å². The van der Waals surface area contributed by atoms with E-state index in [1.54, 1.807) is 0 Å². The minimum atomic E-state index is 0.605. The van der Waals surface area contributed by atoms with Gasteiger partial charge in [-0.3, -0.25) is 4.99 Å². The van der Waals surface area contributed by atoms with Crippen molar-refractivity contribution in [3.05, 3.63) is 12.2 Å². The Labute approximate surface area is 93.7 Å². The van der Waals surface area contributed by atoms with Crippen LogP contribution in [-0.2, 0) is 0 Å². The van der Waals surface area contributed by atoms with E-state index in [0.29, 0.717) is 6.04 Å². The molecule has 0 N–H and O–H groups in total. The highest BCUT2D eigenvalue weighted by Gasteiger charge is 2.19. The van der Waals surface area contributed by atoms with Gasteiger partial charge >= 0.3 is 0 Å². The van der Waals surface area contributed by atoms with Gasteiger partial charge in [0.15, 0.2) is 0 Å². The first-order valence-corrected chi connectivity index (χ1v) is 6.67. The lowest BCUT2D eigenvalue weighted by Crippen LogP contribution is -2.19. The van der Waals surface area contributed by atoms with Gasteiger partial charge in [0.2, 0.25) is 0 Å². The fourth-order valence-corrected chi connectivity index (χ4v) is 2.79. The van der Waals surface area contributed by atoms with Crippen LogP contribution in [0.15, 0.2) is 17.1 Å². The number of rotatable bonds is 0. The molecule has 0 amide bonds. The molecule has 2 aliphatic rings. The predicted octanol–water partition coefficient (Wildman–Crippen LogP) is 4.14. The molecule has 0 bridgehead atoms. The van der Waals surface area contributed by atoms with Crippen LogP contribution in [0.4, 0.5) is 0 Å². The molecule has 0 aromatic carbocycles. The Hall–Kier alpha value is -0.590. The van der Waals surface area contributed by atoms with E-state index in [4.69, 9.17) is 0 Å². The number of nitrogens with zero attached hydrogens (tertiary/aromatic N) is 1. The minimum Gasteiger partial charge on any atom is -0.289 e. The number of aliphatic imine (C=N–C) groups is 1. The van der Waals surface area contributed by atoms with Crippen molar-refractivity contribution in [2.45, 2.75) is 63.8 Å². The average molecular weight is 205 g/mol. The lowest BCUT2D eigenvalue weighted by atomic mass is 9.89. The second-order valence-corrected chi connectivity index (χ2v) is 4.97. The fourth-order valence-electron chi connectivity index (χ4n) is 2.79. The van der Waals surface area contributed by atoms with E-state index in [1.165, 1.54) is 57.8 Å². The third kappa shape index (κ3) is 3.48. The topological polar surface area (TPSA) is 12.4 Å². The molecule has 1 aliphatic carbocycles. The number of dihydropyridines is 1. The van der Waals surface area contributed by atoms with E-state index in [2.05, 4.69) is 17.1 Å². The first kappa shape index (κ1) is 10.9. The molecule has 2 rings (SSSR count). The number of hydrogen-bond donors (Lipinski definition) is 0. The van der Waals surface area contributed by atoms with Gasteiger partial charge in [-0.2, -0.15) is 0 Å². The van der Waals surface area contributed by atoms with Crippen molar-refractivity contribution in [3.8, 4) is 0 Å². The second kappa shape index (κ2) is 6.09. The van der Waals surface area contributed by atoms with Gasteiger partial charge in [0, 0.05) is 6.21 Å². The van der Waals surface area contributed by atoms with Crippen molar-refractivity contribution in [1.29, 1.82) is 0 Å². The molecule has 15 heavy (non-hydrogen) atoms. The Morgan fingerprint density at radius 3 is 2.27 bits per heavy atom. The predicted molar refractivity (Wildman–Crippen MR) is 66.5 cm³/mol. The molecule has 0 aromatic rings. The van der Waals surface area contributed by atoms with Gasteiger partial charge in [-0.15, -0.1) is 0 Å². The van der Waals surface area contributed by atoms with Crippen LogP contribution < -0.4 is 0 Å².